The molecule has 2 rings (SSSR count). The maximum atomic E-state index is 12.1. The van der Waals surface area contributed by atoms with Crippen molar-refractivity contribution in [3.8, 4) is 5.75 Å². The fraction of sp³-hybridized carbons (Fsp3) is 0.375. The lowest BCUT2D eigenvalue weighted by atomic mass is 10.1. The van der Waals surface area contributed by atoms with Crippen molar-refractivity contribution in [1.82, 2.24) is 5.32 Å². The average molecular weight is 350 g/mol. The molecule has 0 radical (unpaired) electrons. The summed E-state index contributed by atoms with van der Waals surface area (Å²) in [6, 6.07) is 3.88. The number of benzene rings is 1. The van der Waals surface area contributed by atoms with Crippen LogP contribution in [-0.4, -0.2) is 53.2 Å². The number of hydrogen-bond donors (Lipinski definition) is 3. The molecule has 1 unspecified atom stereocenters. The number of carbonyl (C=O) groups is 4. The van der Waals surface area contributed by atoms with Gasteiger partial charge in [0.25, 0.3) is 0 Å². The molecule has 0 spiro atoms. The standard InChI is InChI=1S/C16H18N2O7/c1-9-2-4-11-12(6-9)25-15(22)8-18(11)7-13(19)17-10(16(23)24)3-5-14(20)21/h2,4,6,10H,3,5,7-8H2,1H3,(H,17,19)(H,20,21)(H,23,24). The van der Waals surface area contributed by atoms with Gasteiger partial charge in [-0.15, -0.1) is 0 Å². The zero-order valence-corrected chi connectivity index (χ0v) is 13.5. The molecule has 25 heavy (non-hydrogen) atoms. The summed E-state index contributed by atoms with van der Waals surface area (Å²) in [6.07, 6.45) is -0.608. The molecule has 0 saturated carbocycles. The maximum Gasteiger partial charge on any atom is 0.331 e. The molecule has 134 valence electrons. The number of fused-ring (bicyclic) bond motifs is 1. The van der Waals surface area contributed by atoms with Crippen LogP contribution in [0.2, 0.25) is 0 Å². The number of carbonyl (C=O) groups excluding carboxylic acids is 2. The van der Waals surface area contributed by atoms with Crippen molar-refractivity contribution < 1.29 is 34.1 Å². The molecule has 0 fully saturated rings. The number of esters is 1. The molecule has 1 aliphatic heterocycles. The van der Waals surface area contributed by atoms with Crippen LogP contribution < -0.4 is 15.0 Å². The largest absolute Gasteiger partial charge is 0.481 e. The zero-order chi connectivity index (χ0) is 18.6. The van der Waals surface area contributed by atoms with Crippen LogP contribution in [-0.2, 0) is 19.2 Å². The summed E-state index contributed by atoms with van der Waals surface area (Å²) in [4.78, 5) is 47.0. The molecule has 3 N–H and O–H groups in total. The third kappa shape index (κ3) is 4.93. The second-order valence-corrected chi connectivity index (χ2v) is 5.69. The Labute approximate surface area is 143 Å². The van der Waals surface area contributed by atoms with E-state index >= 15 is 0 Å². The lowest BCUT2D eigenvalue weighted by molar-refractivity contribution is -0.143. The summed E-state index contributed by atoms with van der Waals surface area (Å²) in [7, 11) is 0. The second kappa shape index (κ2) is 7.65. The van der Waals surface area contributed by atoms with Gasteiger partial charge < -0.3 is 25.2 Å². The van der Waals surface area contributed by atoms with Crippen LogP contribution >= 0.6 is 0 Å². The Bertz CT molecular complexity index is 716. The lowest BCUT2D eigenvalue weighted by Gasteiger charge is -2.29. The van der Waals surface area contributed by atoms with Gasteiger partial charge in [0.1, 0.15) is 12.6 Å². The van der Waals surface area contributed by atoms with Crippen LogP contribution in [0.4, 0.5) is 5.69 Å². The normalized spacial score (nSPS) is 14.3. The van der Waals surface area contributed by atoms with Crippen molar-refractivity contribution in [3.63, 3.8) is 0 Å². The first-order valence-corrected chi connectivity index (χ1v) is 7.56. The quantitative estimate of drug-likeness (QED) is 0.468. The number of aryl methyl sites for hydroxylation is 1. The van der Waals surface area contributed by atoms with Crippen LogP contribution in [0.15, 0.2) is 18.2 Å². The first-order valence-electron chi connectivity index (χ1n) is 7.56. The first-order chi connectivity index (χ1) is 11.8. The minimum Gasteiger partial charge on any atom is -0.481 e. The smallest absolute Gasteiger partial charge is 0.331 e. The number of rotatable bonds is 7. The van der Waals surface area contributed by atoms with Gasteiger partial charge in [0.2, 0.25) is 5.91 Å². The summed E-state index contributed by atoms with van der Waals surface area (Å²) in [6.45, 7) is 1.44. The second-order valence-electron chi connectivity index (χ2n) is 5.69. The van der Waals surface area contributed by atoms with Gasteiger partial charge in [0, 0.05) is 6.42 Å². The molecule has 9 heteroatoms. The van der Waals surface area contributed by atoms with E-state index in [1.54, 1.807) is 18.2 Å². The first kappa shape index (κ1) is 18.2. The molecule has 9 nitrogen and oxygen atoms in total. The van der Waals surface area contributed by atoms with Gasteiger partial charge in [0.05, 0.1) is 12.2 Å². The van der Waals surface area contributed by atoms with Crippen LogP contribution in [0, 0.1) is 6.92 Å². The van der Waals surface area contributed by atoms with Gasteiger partial charge in [-0.3, -0.25) is 9.59 Å². The highest BCUT2D eigenvalue weighted by Gasteiger charge is 2.27. The van der Waals surface area contributed by atoms with E-state index in [4.69, 9.17) is 14.9 Å². The van der Waals surface area contributed by atoms with Crippen molar-refractivity contribution >= 4 is 29.5 Å². The molecular weight excluding hydrogens is 332 g/mol. The van der Waals surface area contributed by atoms with Gasteiger partial charge in [-0.25, -0.2) is 9.59 Å². The molecule has 0 aliphatic carbocycles. The van der Waals surface area contributed by atoms with E-state index in [-0.39, 0.29) is 25.9 Å². The summed E-state index contributed by atoms with van der Waals surface area (Å²) >= 11 is 0. The van der Waals surface area contributed by atoms with E-state index in [1.807, 2.05) is 6.92 Å². The molecule has 1 aromatic rings. The summed E-state index contributed by atoms with van der Waals surface area (Å²) in [5.41, 5.74) is 1.44. The van der Waals surface area contributed by atoms with Gasteiger partial charge in [0.15, 0.2) is 5.75 Å². The minimum atomic E-state index is -1.32. The summed E-state index contributed by atoms with van der Waals surface area (Å²) < 4.78 is 5.14. The Morgan fingerprint density at radius 3 is 2.68 bits per heavy atom. The Kier molecular flexibility index (Phi) is 5.58. The van der Waals surface area contributed by atoms with Crippen molar-refractivity contribution in [2.45, 2.75) is 25.8 Å². The highest BCUT2D eigenvalue weighted by Crippen LogP contribution is 2.32. The highest BCUT2D eigenvalue weighted by molar-refractivity contribution is 5.91. The number of nitrogens with zero attached hydrogens (tertiary/aromatic N) is 1. The van der Waals surface area contributed by atoms with E-state index < -0.39 is 29.9 Å². The molecule has 1 amide bonds. The van der Waals surface area contributed by atoms with Gasteiger partial charge in [-0.05, 0) is 31.0 Å². The van der Waals surface area contributed by atoms with Crippen molar-refractivity contribution in [1.29, 1.82) is 0 Å². The van der Waals surface area contributed by atoms with Crippen molar-refractivity contribution in [2.75, 3.05) is 18.0 Å². The third-order valence-corrected chi connectivity index (χ3v) is 3.61. The topological polar surface area (TPSA) is 133 Å². The van der Waals surface area contributed by atoms with Crippen LogP contribution in [0.1, 0.15) is 18.4 Å². The number of hydrogen-bond acceptors (Lipinski definition) is 6. The number of anilines is 1. The molecular formula is C16H18N2O7. The Morgan fingerprint density at radius 2 is 2.04 bits per heavy atom. The van der Waals surface area contributed by atoms with Crippen LogP contribution in [0.25, 0.3) is 0 Å². The van der Waals surface area contributed by atoms with Crippen molar-refractivity contribution in [2.24, 2.45) is 0 Å². The Morgan fingerprint density at radius 1 is 1.32 bits per heavy atom. The zero-order valence-electron chi connectivity index (χ0n) is 13.5. The SMILES string of the molecule is Cc1ccc2c(c1)OC(=O)CN2CC(=O)NC(CCC(=O)O)C(=O)O. The number of aliphatic carboxylic acids is 2. The number of carboxylic acids is 2. The van der Waals surface area contributed by atoms with Gasteiger partial charge in [-0.1, -0.05) is 6.07 Å². The van der Waals surface area contributed by atoms with E-state index in [1.165, 1.54) is 4.90 Å². The number of amides is 1. The van der Waals surface area contributed by atoms with Crippen LogP contribution in [0.5, 0.6) is 5.75 Å². The molecule has 0 bridgehead atoms. The Balaban J connectivity index is 2.06. The molecule has 0 aromatic heterocycles. The lowest BCUT2D eigenvalue weighted by Crippen LogP contribution is -2.48. The highest BCUT2D eigenvalue weighted by atomic mass is 16.5. The van der Waals surface area contributed by atoms with E-state index in [9.17, 15) is 19.2 Å². The predicted octanol–water partition coefficient (Wildman–Crippen LogP) is 0.155. The van der Waals surface area contributed by atoms with Crippen molar-refractivity contribution in [3.05, 3.63) is 23.8 Å². The number of ether oxygens (including phenoxy) is 1. The molecule has 1 aromatic carbocycles. The molecule has 1 aliphatic rings. The van der Waals surface area contributed by atoms with Gasteiger partial charge in [-0.2, -0.15) is 0 Å². The monoisotopic (exact) mass is 350 g/mol. The van der Waals surface area contributed by atoms with E-state index in [2.05, 4.69) is 5.32 Å². The maximum absolute atomic E-state index is 12.1. The average Bonchev–Trinajstić information content (AvgIpc) is 2.50. The molecule has 1 heterocycles. The fourth-order valence-electron chi connectivity index (χ4n) is 2.44. The van der Waals surface area contributed by atoms with E-state index in [0.29, 0.717) is 11.4 Å². The Hall–Kier alpha value is -3.10. The van der Waals surface area contributed by atoms with E-state index in [0.717, 1.165) is 5.56 Å². The summed E-state index contributed by atoms with van der Waals surface area (Å²) in [5, 5.41) is 20.0. The minimum absolute atomic E-state index is 0.143. The molecule has 0 saturated heterocycles. The predicted molar refractivity (Wildman–Crippen MR) is 85.5 cm³/mol. The van der Waals surface area contributed by atoms with Crippen LogP contribution in [0.3, 0.4) is 0 Å². The third-order valence-electron chi connectivity index (χ3n) is 3.61. The number of carboxylic acid groups (broad SMARTS) is 2. The number of nitrogens with one attached hydrogen (secondary N) is 1. The molecule has 1 atom stereocenters. The fourth-order valence-corrected chi connectivity index (χ4v) is 2.44. The van der Waals surface area contributed by atoms with Gasteiger partial charge >= 0.3 is 17.9 Å². The summed E-state index contributed by atoms with van der Waals surface area (Å²) in [5.74, 6) is -3.28.